The number of hydrogen-bond donors (Lipinski definition) is 2. The van der Waals surface area contributed by atoms with Gasteiger partial charge >= 0.3 is 0 Å². The first kappa shape index (κ1) is 16.0. The van der Waals surface area contributed by atoms with Crippen LogP contribution >= 0.6 is 0 Å². The lowest BCUT2D eigenvalue weighted by molar-refractivity contribution is 0.0925. The summed E-state index contributed by atoms with van der Waals surface area (Å²) in [6, 6.07) is 0. The van der Waals surface area contributed by atoms with Crippen LogP contribution in [0.4, 0.5) is 0 Å². The maximum atomic E-state index is 5.41. The Morgan fingerprint density at radius 3 is 2.24 bits per heavy atom. The van der Waals surface area contributed by atoms with Crippen molar-refractivity contribution in [2.45, 2.75) is 26.9 Å². The van der Waals surface area contributed by atoms with Gasteiger partial charge in [0.05, 0.1) is 25.9 Å². The van der Waals surface area contributed by atoms with Crippen LogP contribution in [0.5, 0.6) is 0 Å². The van der Waals surface area contributed by atoms with Crippen molar-refractivity contribution in [1.82, 2.24) is 10.6 Å². The van der Waals surface area contributed by atoms with Gasteiger partial charge in [-0.25, -0.2) is 0 Å². The molecule has 0 aliphatic rings. The van der Waals surface area contributed by atoms with Gasteiger partial charge in [-0.15, -0.1) is 0 Å². The zero-order valence-corrected chi connectivity index (χ0v) is 11.3. The maximum absolute atomic E-state index is 5.41. The second-order valence-electron chi connectivity index (χ2n) is 4.21. The Hall–Kier alpha value is -1.00. The predicted molar refractivity (Wildman–Crippen MR) is 71.9 cm³/mol. The first-order valence-electron chi connectivity index (χ1n) is 6.02. The molecule has 100 valence electrons. The Bertz CT molecular complexity index is 227. The fourth-order valence-electron chi connectivity index (χ4n) is 1.06. The van der Waals surface area contributed by atoms with Crippen LogP contribution in [0.2, 0.25) is 0 Å². The van der Waals surface area contributed by atoms with Gasteiger partial charge in [0, 0.05) is 24.5 Å². The third-order valence-corrected chi connectivity index (χ3v) is 1.89. The largest absolute Gasteiger partial charge is 0.387 e. The van der Waals surface area contributed by atoms with Crippen molar-refractivity contribution < 1.29 is 9.47 Å². The Kier molecular flexibility index (Phi) is 9.57. The summed E-state index contributed by atoms with van der Waals surface area (Å²) < 4.78 is 10.8. The van der Waals surface area contributed by atoms with Gasteiger partial charge in [0.2, 0.25) is 0 Å². The minimum absolute atomic E-state index is 0.234. The van der Waals surface area contributed by atoms with Gasteiger partial charge in [-0.05, 0) is 20.8 Å². The summed E-state index contributed by atoms with van der Waals surface area (Å²) in [5, 5.41) is 6.26. The van der Waals surface area contributed by atoms with Gasteiger partial charge in [0.25, 0.3) is 0 Å². The van der Waals surface area contributed by atoms with Crippen molar-refractivity contribution >= 4 is 0 Å². The molecular weight excluding hydrogens is 216 g/mol. The molecule has 0 aliphatic carbocycles. The van der Waals surface area contributed by atoms with E-state index in [1.165, 1.54) is 0 Å². The van der Waals surface area contributed by atoms with Crippen molar-refractivity contribution in [3.05, 3.63) is 24.6 Å². The molecule has 0 aromatic carbocycles. The Balaban J connectivity index is 3.22. The fourth-order valence-corrected chi connectivity index (χ4v) is 1.06. The quantitative estimate of drug-likeness (QED) is 0.541. The van der Waals surface area contributed by atoms with E-state index in [1.54, 1.807) is 0 Å². The number of rotatable bonds is 11. The Morgan fingerprint density at radius 1 is 1.12 bits per heavy atom. The highest BCUT2D eigenvalue weighted by Gasteiger charge is 1.96. The minimum atomic E-state index is 0.234. The molecule has 17 heavy (non-hydrogen) atoms. The van der Waals surface area contributed by atoms with Gasteiger partial charge in [-0.1, -0.05) is 13.2 Å². The van der Waals surface area contributed by atoms with Gasteiger partial charge in [0.1, 0.15) is 0 Å². The standard InChI is InChI=1S/C13H26N2O2/c1-11(2)14-6-8-16-9-7-15-13(5)10-17-12(3)4/h12,14-15H,1,5-10H2,2-4H3. The topological polar surface area (TPSA) is 42.5 Å². The summed E-state index contributed by atoms with van der Waals surface area (Å²) >= 11 is 0. The SMILES string of the molecule is C=C(C)NCCOCCNC(=C)COC(C)C. The van der Waals surface area contributed by atoms with Crippen molar-refractivity contribution in [3.8, 4) is 0 Å². The highest BCUT2D eigenvalue weighted by Crippen LogP contribution is 1.92. The zero-order valence-electron chi connectivity index (χ0n) is 11.3. The van der Waals surface area contributed by atoms with Crippen LogP contribution in [0.3, 0.4) is 0 Å². The normalized spacial score (nSPS) is 10.4. The van der Waals surface area contributed by atoms with Crippen LogP contribution in [-0.2, 0) is 9.47 Å². The molecule has 2 N–H and O–H groups in total. The van der Waals surface area contributed by atoms with Crippen molar-refractivity contribution in [3.63, 3.8) is 0 Å². The highest BCUT2D eigenvalue weighted by atomic mass is 16.5. The second-order valence-corrected chi connectivity index (χ2v) is 4.21. The molecule has 0 rings (SSSR count). The third-order valence-electron chi connectivity index (χ3n) is 1.89. The van der Waals surface area contributed by atoms with E-state index in [1.807, 2.05) is 20.8 Å². The zero-order chi connectivity index (χ0) is 13.1. The molecule has 0 heterocycles. The molecule has 4 nitrogen and oxygen atoms in total. The van der Waals surface area contributed by atoms with Crippen molar-refractivity contribution in [2.75, 3.05) is 32.9 Å². The molecule has 0 spiro atoms. The van der Waals surface area contributed by atoms with Crippen molar-refractivity contribution in [2.24, 2.45) is 0 Å². The van der Waals surface area contributed by atoms with Crippen LogP contribution in [0, 0.1) is 0 Å². The van der Waals surface area contributed by atoms with E-state index in [0.29, 0.717) is 19.8 Å². The lowest BCUT2D eigenvalue weighted by Crippen LogP contribution is -2.24. The van der Waals surface area contributed by atoms with E-state index in [0.717, 1.165) is 24.5 Å². The van der Waals surface area contributed by atoms with Gasteiger partial charge in [-0.3, -0.25) is 0 Å². The molecule has 0 amide bonds. The molecule has 0 fully saturated rings. The number of ether oxygens (including phenoxy) is 2. The average Bonchev–Trinajstić information content (AvgIpc) is 2.24. The van der Waals surface area contributed by atoms with E-state index in [2.05, 4.69) is 23.8 Å². The molecular formula is C13H26N2O2. The summed E-state index contributed by atoms with van der Waals surface area (Å²) in [4.78, 5) is 0. The minimum Gasteiger partial charge on any atom is -0.387 e. The van der Waals surface area contributed by atoms with Crippen LogP contribution in [0.1, 0.15) is 20.8 Å². The summed E-state index contributed by atoms with van der Waals surface area (Å²) in [5.41, 5.74) is 1.85. The highest BCUT2D eigenvalue weighted by molar-refractivity contribution is 4.90. The van der Waals surface area contributed by atoms with Crippen LogP contribution in [-0.4, -0.2) is 39.0 Å². The summed E-state index contributed by atoms with van der Waals surface area (Å²) in [6.07, 6.45) is 0.234. The van der Waals surface area contributed by atoms with E-state index in [-0.39, 0.29) is 6.10 Å². The van der Waals surface area contributed by atoms with Crippen LogP contribution < -0.4 is 10.6 Å². The molecule has 0 unspecified atom stereocenters. The molecule has 4 heteroatoms. The first-order chi connectivity index (χ1) is 8.02. The predicted octanol–water partition coefficient (Wildman–Crippen LogP) is 1.65. The molecule has 0 aliphatic heterocycles. The number of nitrogens with one attached hydrogen (secondary N) is 2. The monoisotopic (exact) mass is 242 g/mol. The van der Waals surface area contributed by atoms with E-state index >= 15 is 0 Å². The number of hydrogen-bond acceptors (Lipinski definition) is 4. The molecule has 0 radical (unpaired) electrons. The Labute approximate surface area is 105 Å². The molecule has 0 aromatic rings. The molecule has 0 aromatic heterocycles. The van der Waals surface area contributed by atoms with E-state index in [9.17, 15) is 0 Å². The summed E-state index contributed by atoms with van der Waals surface area (Å²) in [5.74, 6) is 0. The summed E-state index contributed by atoms with van der Waals surface area (Å²) in [7, 11) is 0. The molecule has 0 saturated carbocycles. The van der Waals surface area contributed by atoms with Gasteiger partial charge in [-0.2, -0.15) is 0 Å². The number of allylic oxidation sites excluding steroid dienone is 1. The first-order valence-corrected chi connectivity index (χ1v) is 6.02. The summed E-state index contributed by atoms with van der Waals surface area (Å²) in [6.45, 7) is 17.0. The second kappa shape index (κ2) is 10.2. The van der Waals surface area contributed by atoms with Gasteiger partial charge < -0.3 is 20.1 Å². The maximum Gasteiger partial charge on any atom is 0.0859 e. The smallest absolute Gasteiger partial charge is 0.0859 e. The van der Waals surface area contributed by atoms with Crippen molar-refractivity contribution in [1.29, 1.82) is 0 Å². The van der Waals surface area contributed by atoms with Crippen LogP contribution in [0.25, 0.3) is 0 Å². The average molecular weight is 242 g/mol. The Morgan fingerprint density at radius 2 is 1.71 bits per heavy atom. The molecule has 0 bridgehead atoms. The fraction of sp³-hybridized carbons (Fsp3) is 0.692. The molecule has 0 saturated heterocycles. The van der Waals surface area contributed by atoms with E-state index in [4.69, 9.17) is 9.47 Å². The molecule has 0 atom stereocenters. The lowest BCUT2D eigenvalue weighted by Gasteiger charge is -2.12. The van der Waals surface area contributed by atoms with E-state index < -0.39 is 0 Å². The lowest BCUT2D eigenvalue weighted by atomic mass is 10.4. The van der Waals surface area contributed by atoms with Gasteiger partial charge in [0.15, 0.2) is 0 Å². The third kappa shape index (κ3) is 12.9. The van der Waals surface area contributed by atoms with Crippen LogP contribution in [0.15, 0.2) is 24.6 Å².